The molecule has 1 heteroatoms. The highest BCUT2D eigenvalue weighted by molar-refractivity contribution is 5.96. The van der Waals surface area contributed by atoms with Crippen LogP contribution < -0.4 is 0 Å². The van der Waals surface area contributed by atoms with Crippen molar-refractivity contribution in [3.63, 3.8) is 0 Å². The molecule has 0 aromatic carbocycles. The number of carbonyl (C=O) groups excluding carboxylic acids is 1. The topological polar surface area (TPSA) is 17.1 Å². The van der Waals surface area contributed by atoms with Crippen LogP contribution in [-0.4, -0.2) is 5.78 Å². The lowest BCUT2D eigenvalue weighted by Gasteiger charge is -2.24. The van der Waals surface area contributed by atoms with E-state index in [2.05, 4.69) is 6.08 Å². The summed E-state index contributed by atoms with van der Waals surface area (Å²) in [7, 11) is 0. The van der Waals surface area contributed by atoms with Gasteiger partial charge in [-0.05, 0) is 37.2 Å². The van der Waals surface area contributed by atoms with Gasteiger partial charge in [0.05, 0.1) is 0 Å². The monoisotopic (exact) mass is 160 g/mol. The molecule has 0 saturated heterocycles. The molecule has 3 unspecified atom stereocenters. The van der Waals surface area contributed by atoms with Gasteiger partial charge in [0.15, 0.2) is 5.78 Å². The third kappa shape index (κ3) is 0.669. The fraction of sp³-hybridized carbons (Fsp3) is 0.545. The molecule has 3 rings (SSSR count). The van der Waals surface area contributed by atoms with Crippen molar-refractivity contribution in [1.82, 2.24) is 0 Å². The summed E-state index contributed by atoms with van der Waals surface area (Å²) in [6.07, 6.45) is 9.74. The van der Waals surface area contributed by atoms with Crippen LogP contribution in [0, 0.1) is 17.8 Å². The Morgan fingerprint density at radius 2 is 2.25 bits per heavy atom. The van der Waals surface area contributed by atoms with Gasteiger partial charge in [0.25, 0.3) is 0 Å². The Kier molecular flexibility index (Phi) is 1.16. The Hall–Kier alpha value is -0.850. The van der Waals surface area contributed by atoms with Crippen LogP contribution in [0.2, 0.25) is 0 Å². The molecule has 0 aliphatic heterocycles. The smallest absolute Gasteiger partial charge is 0.163 e. The Morgan fingerprint density at radius 3 is 3.08 bits per heavy atom. The molecule has 0 heterocycles. The van der Waals surface area contributed by atoms with Gasteiger partial charge in [0.1, 0.15) is 0 Å². The van der Waals surface area contributed by atoms with Gasteiger partial charge in [-0.25, -0.2) is 0 Å². The van der Waals surface area contributed by atoms with Crippen LogP contribution in [0.15, 0.2) is 23.8 Å². The number of rotatable bonds is 0. The highest BCUT2D eigenvalue weighted by Crippen LogP contribution is 2.53. The average Bonchev–Trinajstić information content (AvgIpc) is 2.64. The van der Waals surface area contributed by atoms with Gasteiger partial charge in [0, 0.05) is 5.92 Å². The van der Waals surface area contributed by atoms with Gasteiger partial charge in [-0.1, -0.05) is 17.7 Å². The van der Waals surface area contributed by atoms with Crippen LogP contribution in [0.3, 0.4) is 0 Å². The summed E-state index contributed by atoms with van der Waals surface area (Å²) in [6.45, 7) is 0. The molecule has 2 bridgehead atoms. The highest BCUT2D eigenvalue weighted by Gasteiger charge is 2.46. The minimum absolute atomic E-state index is 0.300. The summed E-state index contributed by atoms with van der Waals surface area (Å²) in [4.78, 5) is 11.5. The fourth-order valence-corrected chi connectivity index (χ4v) is 3.14. The van der Waals surface area contributed by atoms with E-state index in [9.17, 15) is 4.79 Å². The zero-order valence-corrected chi connectivity index (χ0v) is 6.99. The number of hydrogen-bond donors (Lipinski definition) is 0. The first kappa shape index (κ1) is 6.64. The molecule has 3 aliphatic rings. The first-order valence-corrected chi connectivity index (χ1v) is 4.78. The lowest BCUT2D eigenvalue weighted by molar-refractivity contribution is -0.118. The molecule has 3 aliphatic carbocycles. The van der Waals surface area contributed by atoms with Gasteiger partial charge in [0.2, 0.25) is 0 Å². The Bertz CT molecular complexity index is 298. The second-order valence-electron chi connectivity index (χ2n) is 4.18. The van der Waals surface area contributed by atoms with E-state index in [1.807, 2.05) is 6.08 Å². The highest BCUT2D eigenvalue weighted by atomic mass is 16.1. The van der Waals surface area contributed by atoms with E-state index >= 15 is 0 Å². The molecule has 3 atom stereocenters. The predicted octanol–water partition coefficient (Wildman–Crippen LogP) is 2.10. The second-order valence-corrected chi connectivity index (χ2v) is 4.18. The van der Waals surface area contributed by atoms with Crippen LogP contribution in [0.25, 0.3) is 0 Å². The number of hydrogen-bond acceptors (Lipinski definition) is 1. The van der Waals surface area contributed by atoms with Crippen molar-refractivity contribution < 1.29 is 4.79 Å². The molecule has 0 aromatic rings. The molecule has 2 fully saturated rings. The van der Waals surface area contributed by atoms with E-state index in [0.717, 1.165) is 5.92 Å². The van der Waals surface area contributed by atoms with Crippen molar-refractivity contribution in [3.8, 4) is 0 Å². The summed E-state index contributed by atoms with van der Waals surface area (Å²) in [6, 6.07) is 0. The summed E-state index contributed by atoms with van der Waals surface area (Å²) in [5.41, 5.74) is 1.44. The standard InChI is InChI=1S/C11H12O/c12-10-3-1-2-9-7-4-5-8(6-7)11(9)10/h1-3,7-8,11H,4-6H2. The summed E-state index contributed by atoms with van der Waals surface area (Å²) in [5.74, 6) is 2.11. The molecule has 1 nitrogen and oxygen atoms in total. The molecule has 12 heavy (non-hydrogen) atoms. The van der Waals surface area contributed by atoms with Gasteiger partial charge in [-0.3, -0.25) is 4.79 Å². The molecule has 0 amide bonds. The summed E-state index contributed by atoms with van der Waals surface area (Å²) >= 11 is 0. The van der Waals surface area contributed by atoms with Crippen molar-refractivity contribution in [1.29, 1.82) is 0 Å². The van der Waals surface area contributed by atoms with Crippen molar-refractivity contribution in [3.05, 3.63) is 23.8 Å². The lowest BCUT2D eigenvalue weighted by atomic mass is 9.79. The van der Waals surface area contributed by atoms with Crippen LogP contribution in [0.1, 0.15) is 19.3 Å². The second kappa shape index (κ2) is 2.09. The molecule has 0 aromatic heterocycles. The van der Waals surface area contributed by atoms with Gasteiger partial charge in [-0.2, -0.15) is 0 Å². The van der Waals surface area contributed by atoms with Gasteiger partial charge >= 0.3 is 0 Å². The number of allylic oxidation sites excluding steroid dienone is 4. The molecule has 2 saturated carbocycles. The zero-order valence-electron chi connectivity index (χ0n) is 6.99. The maximum absolute atomic E-state index is 11.5. The minimum atomic E-state index is 0.300. The van der Waals surface area contributed by atoms with E-state index < -0.39 is 0 Å². The third-order valence-electron chi connectivity index (χ3n) is 3.63. The van der Waals surface area contributed by atoms with Crippen LogP contribution in [0.5, 0.6) is 0 Å². The Morgan fingerprint density at radius 1 is 1.33 bits per heavy atom. The van der Waals surface area contributed by atoms with Crippen molar-refractivity contribution in [2.75, 3.05) is 0 Å². The predicted molar refractivity (Wildman–Crippen MR) is 46.6 cm³/mol. The molecule has 0 radical (unpaired) electrons. The number of ketones is 1. The number of carbonyl (C=O) groups is 1. The maximum atomic E-state index is 11.5. The maximum Gasteiger partial charge on any atom is 0.163 e. The van der Waals surface area contributed by atoms with Crippen LogP contribution >= 0.6 is 0 Å². The molecule has 0 spiro atoms. The van der Waals surface area contributed by atoms with E-state index in [1.165, 1.54) is 24.8 Å². The quantitative estimate of drug-likeness (QED) is 0.530. The van der Waals surface area contributed by atoms with E-state index in [-0.39, 0.29) is 0 Å². The minimum Gasteiger partial charge on any atom is -0.294 e. The van der Waals surface area contributed by atoms with Crippen LogP contribution in [-0.2, 0) is 4.79 Å². The van der Waals surface area contributed by atoms with E-state index in [0.29, 0.717) is 17.6 Å². The zero-order chi connectivity index (χ0) is 8.13. The molecular formula is C11H12O. The molecular weight excluding hydrogens is 148 g/mol. The Labute approximate surface area is 72.2 Å². The number of fused-ring (bicyclic) bond motifs is 5. The van der Waals surface area contributed by atoms with Crippen LogP contribution in [0.4, 0.5) is 0 Å². The first-order valence-electron chi connectivity index (χ1n) is 4.78. The normalized spacial score (nSPS) is 43.2. The van der Waals surface area contributed by atoms with E-state index in [1.54, 1.807) is 6.08 Å². The molecule has 62 valence electrons. The van der Waals surface area contributed by atoms with Crippen molar-refractivity contribution >= 4 is 5.78 Å². The summed E-state index contributed by atoms with van der Waals surface area (Å²) in [5, 5.41) is 0. The summed E-state index contributed by atoms with van der Waals surface area (Å²) < 4.78 is 0. The van der Waals surface area contributed by atoms with Crippen molar-refractivity contribution in [2.45, 2.75) is 19.3 Å². The Balaban J connectivity index is 2.07. The lowest BCUT2D eigenvalue weighted by Crippen LogP contribution is -2.23. The van der Waals surface area contributed by atoms with Gasteiger partial charge < -0.3 is 0 Å². The largest absolute Gasteiger partial charge is 0.294 e. The fourth-order valence-electron chi connectivity index (χ4n) is 3.14. The SMILES string of the molecule is O=C1C=CC=C2C3CCC(C3)C12. The molecule has 0 N–H and O–H groups in total. The average molecular weight is 160 g/mol. The van der Waals surface area contributed by atoms with Crippen molar-refractivity contribution in [2.24, 2.45) is 17.8 Å². The first-order chi connectivity index (χ1) is 5.86. The van der Waals surface area contributed by atoms with Gasteiger partial charge in [-0.15, -0.1) is 0 Å². The third-order valence-corrected chi connectivity index (χ3v) is 3.63. The van der Waals surface area contributed by atoms with E-state index in [4.69, 9.17) is 0 Å².